The Morgan fingerprint density at radius 2 is 1.62 bits per heavy atom. The molecule has 3 aromatic rings. The van der Waals surface area contributed by atoms with Crippen LogP contribution >= 0.6 is 0 Å². The minimum Gasteiger partial charge on any atom is -0.268 e. The number of hydrogen-bond donors (Lipinski definition) is 1. The van der Waals surface area contributed by atoms with Crippen LogP contribution < -0.4 is 4.72 Å². The first-order chi connectivity index (χ1) is 13.9. The smallest absolute Gasteiger partial charge is 0.268 e. The van der Waals surface area contributed by atoms with E-state index in [2.05, 4.69) is 9.82 Å². The lowest BCUT2D eigenvalue weighted by molar-refractivity contribution is 0.0978. The molecular formula is C21H24N4O3S. The molecule has 0 aliphatic heterocycles. The highest BCUT2D eigenvalue weighted by Crippen LogP contribution is 2.14. The summed E-state index contributed by atoms with van der Waals surface area (Å²) in [7, 11) is -2.55. The Morgan fingerprint density at radius 1 is 1.03 bits per heavy atom. The number of benzene rings is 2. The van der Waals surface area contributed by atoms with Gasteiger partial charge in [0, 0.05) is 13.6 Å². The molecule has 0 spiro atoms. The first-order valence-electron chi connectivity index (χ1n) is 9.31. The summed E-state index contributed by atoms with van der Waals surface area (Å²) in [4.78, 5) is 12.7. The van der Waals surface area contributed by atoms with Gasteiger partial charge in [0.25, 0.3) is 5.91 Å². The molecule has 0 radical (unpaired) electrons. The monoisotopic (exact) mass is 412 g/mol. The van der Waals surface area contributed by atoms with Crippen LogP contribution in [0.4, 0.5) is 0 Å². The number of nitrogens with one attached hydrogen (secondary N) is 1. The zero-order chi connectivity index (χ0) is 20.9. The number of aromatic nitrogens is 2. The molecular weight excluding hydrogens is 388 g/mol. The van der Waals surface area contributed by atoms with Gasteiger partial charge in [-0.15, -0.1) is 0 Å². The summed E-state index contributed by atoms with van der Waals surface area (Å²) in [6.07, 6.45) is 1.97. The normalized spacial score (nSPS) is 11.6. The Hall–Kier alpha value is -2.97. The average Bonchev–Trinajstić information content (AvgIpc) is 3.12. The van der Waals surface area contributed by atoms with E-state index in [0.717, 1.165) is 15.4 Å². The van der Waals surface area contributed by atoms with Crippen LogP contribution in [0.3, 0.4) is 0 Å². The van der Waals surface area contributed by atoms with E-state index in [4.69, 9.17) is 0 Å². The minimum absolute atomic E-state index is 0.164. The maximum absolute atomic E-state index is 12.7. The summed E-state index contributed by atoms with van der Waals surface area (Å²) < 4.78 is 30.2. The summed E-state index contributed by atoms with van der Waals surface area (Å²) in [6, 6.07) is 19.0. The lowest BCUT2D eigenvalue weighted by Crippen LogP contribution is -2.41. The molecule has 29 heavy (non-hydrogen) atoms. The lowest BCUT2D eigenvalue weighted by Gasteiger charge is -2.17. The Labute approximate surface area is 171 Å². The molecule has 0 unspecified atom stereocenters. The zero-order valence-electron chi connectivity index (χ0n) is 16.4. The number of amides is 1. The Morgan fingerprint density at radius 3 is 2.21 bits per heavy atom. The maximum atomic E-state index is 12.7. The van der Waals surface area contributed by atoms with Crippen LogP contribution in [-0.2, 0) is 29.7 Å². The van der Waals surface area contributed by atoms with Crippen molar-refractivity contribution in [3.05, 3.63) is 89.2 Å². The highest BCUT2D eigenvalue weighted by atomic mass is 32.2. The van der Waals surface area contributed by atoms with E-state index in [-0.39, 0.29) is 12.1 Å². The SMILES string of the molecule is CCc1c(C(=O)NS(=O)(=O)N(C)Cc2ccccc2)cnn1Cc1ccccc1. The average molecular weight is 413 g/mol. The quantitative estimate of drug-likeness (QED) is 0.616. The van der Waals surface area contributed by atoms with Crippen LogP contribution in [0.15, 0.2) is 66.9 Å². The highest BCUT2D eigenvalue weighted by Gasteiger charge is 2.24. The Balaban J connectivity index is 1.74. The summed E-state index contributed by atoms with van der Waals surface area (Å²) in [5, 5.41) is 4.29. The number of carbonyl (C=O) groups is 1. The van der Waals surface area contributed by atoms with Crippen LogP contribution in [0.1, 0.15) is 34.1 Å². The third-order valence-electron chi connectivity index (χ3n) is 4.58. The van der Waals surface area contributed by atoms with Crippen molar-refractivity contribution < 1.29 is 13.2 Å². The molecule has 1 N–H and O–H groups in total. The van der Waals surface area contributed by atoms with E-state index in [1.165, 1.54) is 13.2 Å². The van der Waals surface area contributed by atoms with E-state index in [9.17, 15) is 13.2 Å². The molecule has 1 amide bonds. The van der Waals surface area contributed by atoms with Crippen molar-refractivity contribution in [3.63, 3.8) is 0 Å². The van der Waals surface area contributed by atoms with Crippen LogP contribution in [0.5, 0.6) is 0 Å². The number of carbonyl (C=O) groups excluding carboxylic acids is 1. The van der Waals surface area contributed by atoms with Crippen molar-refractivity contribution in [2.24, 2.45) is 0 Å². The standard InChI is InChI=1S/C21H24N4O3S/c1-3-20-19(14-22-25(20)16-18-12-8-5-9-13-18)21(26)23-29(27,28)24(2)15-17-10-6-4-7-11-17/h4-14H,3,15-16H2,1-2H3,(H,23,26). The van der Waals surface area contributed by atoms with Crippen LogP contribution in [0.25, 0.3) is 0 Å². The van der Waals surface area contributed by atoms with Gasteiger partial charge >= 0.3 is 10.2 Å². The topological polar surface area (TPSA) is 84.3 Å². The van der Waals surface area contributed by atoms with Gasteiger partial charge in [-0.2, -0.15) is 17.8 Å². The van der Waals surface area contributed by atoms with Crippen molar-refractivity contribution >= 4 is 16.1 Å². The van der Waals surface area contributed by atoms with E-state index in [1.807, 2.05) is 67.6 Å². The number of rotatable bonds is 8. The summed E-state index contributed by atoms with van der Waals surface area (Å²) in [5.41, 5.74) is 2.83. The van der Waals surface area contributed by atoms with Gasteiger partial charge in [0.05, 0.1) is 24.0 Å². The first kappa shape index (κ1) is 20.8. The molecule has 152 valence electrons. The predicted molar refractivity (Wildman–Crippen MR) is 111 cm³/mol. The first-order valence-corrected chi connectivity index (χ1v) is 10.8. The molecule has 0 atom stereocenters. The summed E-state index contributed by atoms with van der Waals surface area (Å²) in [5.74, 6) is -0.680. The summed E-state index contributed by atoms with van der Waals surface area (Å²) in [6.45, 7) is 2.58. The second-order valence-electron chi connectivity index (χ2n) is 6.68. The molecule has 0 aliphatic carbocycles. The van der Waals surface area contributed by atoms with E-state index in [0.29, 0.717) is 18.7 Å². The minimum atomic E-state index is -3.98. The van der Waals surface area contributed by atoms with E-state index in [1.54, 1.807) is 4.68 Å². The van der Waals surface area contributed by atoms with Crippen LogP contribution in [-0.4, -0.2) is 35.5 Å². The van der Waals surface area contributed by atoms with E-state index < -0.39 is 16.1 Å². The van der Waals surface area contributed by atoms with Crippen LogP contribution in [0, 0.1) is 0 Å². The van der Waals surface area contributed by atoms with Gasteiger partial charge in [-0.3, -0.25) is 9.48 Å². The van der Waals surface area contributed by atoms with Gasteiger partial charge < -0.3 is 0 Å². The number of nitrogens with zero attached hydrogens (tertiary/aromatic N) is 3. The van der Waals surface area contributed by atoms with E-state index >= 15 is 0 Å². The zero-order valence-corrected chi connectivity index (χ0v) is 17.3. The Kier molecular flexibility index (Phi) is 6.46. The molecule has 0 aliphatic rings. The van der Waals surface area contributed by atoms with Crippen LogP contribution in [0.2, 0.25) is 0 Å². The molecule has 0 bridgehead atoms. The van der Waals surface area contributed by atoms with Gasteiger partial charge in [-0.05, 0) is 17.5 Å². The second kappa shape index (κ2) is 9.02. The van der Waals surface area contributed by atoms with Gasteiger partial charge in [0.1, 0.15) is 0 Å². The second-order valence-corrected chi connectivity index (χ2v) is 8.46. The van der Waals surface area contributed by atoms with Gasteiger partial charge in [-0.25, -0.2) is 4.72 Å². The highest BCUT2D eigenvalue weighted by molar-refractivity contribution is 7.87. The third kappa shape index (κ3) is 5.10. The van der Waals surface area contributed by atoms with Gasteiger partial charge in [-0.1, -0.05) is 67.6 Å². The fourth-order valence-electron chi connectivity index (χ4n) is 3.04. The molecule has 2 aromatic carbocycles. The molecule has 1 heterocycles. The van der Waals surface area contributed by atoms with Crippen molar-refractivity contribution in [3.8, 4) is 0 Å². The van der Waals surface area contributed by atoms with Crippen molar-refractivity contribution in [1.29, 1.82) is 0 Å². The maximum Gasteiger partial charge on any atom is 0.304 e. The molecule has 0 saturated carbocycles. The molecule has 7 nitrogen and oxygen atoms in total. The molecule has 1 aromatic heterocycles. The largest absolute Gasteiger partial charge is 0.304 e. The molecule has 8 heteroatoms. The van der Waals surface area contributed by atoms with Crippen molar-refractivity contribution in [1.82, 2.24) is 18.8 Å². The fraction of sp³-hybridized carbons (Fsp3) is 0.238. The third-order valence-corrected chi connectivity index (χ3v) is 5.98. The molecule has 3 rings (SSSR count). The predicted octanol–water partition coefficient (Wildman–Crippen LogP) is 2.60. The van der Waals surface area contributed by atoms with Crippen molar-refractivity contribution in [2.75, 3.05) is 7.05 Å². The fourth-order valence-corrected chi connectivity index (χ4v) is 3.86. The van der Waals surface area contributed by atoms with Gasteiger partial charge in [0.2, 0.25) is 0 Å². The molecule has 0 saturated heterocycles. The lowest BCUT2D eigenvalue weighted by atomic mass is 10.2. The number of hydrogen-bond acceptors (Lipinski definition) is 4. The van der Waals surface area contributed by atoms with Crippen molar-refractivity contribution in [2.45, 2.75) is 26.4 Å². The van der Waals surface area contributed by atoms with Gasteiger partial charge in [0.15, 0.2) is 0 Å². The Bertz CT molecular complexity index is 1060. The molecule has 0 fully saturated rings. The summed E-state index contributed by atoms with van der Waals surface area (Å²) >= 11 is 0.